The number of benzene rings is 2. The summed E-state index contributed by atoms with van der Waals surface area (Å²) in [6.07, 6.45) is 0. The molecule has 5 nitrogen and oxygen atoms in total. The quantitative estimate of drug-likeness (QED) is 0.810. The standard InChI is InChI=1S/C19H20ClF2N3O2/c20-14-5-1-3-7-16(14)25-11-9-24(10-12-25)13-18(26)23-15-6-2-4-8-17(15)27-19(21)22/h1-8,19H,9-13H2,(H,23,26). The number of carbonyl (C=O) groups excluding carboxylic acids is 1. The van der Waals surface area contributed by atoms with E-state index in [9.17, 15) is 13.6 Å². The van der Waals surface area contributed by atoms with Crippen molar-refractivity contribution in [2.45, 2.75) is 6.61 Å². The van der Waals surface area contributed by atoms with Crippen molar-refractivity contribution in [3.63, 3.8) is 0 Å². The van der Waals surface area contributed by atoms with Gasteiger partial charge in [0, 0.05) is 26.2 Å². The van der Waals surface area contributed by atoms with Crippen LogP contribution in [0.2, 0.25) is 5.02 Å². The van der Waals surface area contributed by atoms with Gasteiger partial charge in [-0.1, -0.05) is 35.9 Å². The number of nitrogens with zero attached hydrogens (tertiary/aromatic N) is 2. The summed E-state index contributed by atoms with van der Waals surface area (Å²) in [7, 11) is 0. The van der Waals surface area contributed by atoms with Crippen LogP contribution in [0, 0.1) is 0 Å². The lowest BCUT2D eigenvalue weighted by Gasteiger charge is -2.36. The van der Waals surface area contributed by atoms with Crippen LogP contribution in [-0.2, 0) is 4.79 Å². The van der Waals surface area contributed by atoms with E-state index in [1.54, 1.807) is 12.1 Å². The van der Waals surface area contributed by atoms with E-state index in [1.807, 2.05) is 29.2 Å². The monoisotopic (exact) mass is 395 g/mol. The molecule has 27 heavy (non-hydrogen) atoms. The molecule has 8 heteroatoms. The summed E-state index contributed by atoms with van der Waals surface area (Å²) < 4.78 is 29.3. The van der Waals surface area contributed by atoms with Gasteiger partial charge in [-0.3, -0.25) is 9.69 Å². The lowest BCUT2D eigenvalue weighted by atomic mass is 10.2. The molecule has 2 aromatic rings. The normalized spacial score (nSPS) is 15.0. The van der Waals surface area contributed by atoms with Gasteiger partial charge in [0.2, 0.25) is 5.91 Å². The third kappa shape index (κ3) is 5.30. The molecule has 2 aromatic carbocycles. The molecule has 1 saturated heterocycles. The number of alkyl halides is 2. The molecule has 0 radical (unpaired) electrons. The van der Waals surface area contributed by atoms with Crippen molar-refractivity contribution in [1.29, 1.82) is 0 Å². The molecule has 0 unspecified atom stereocenters. The molecule has 1 aliphatic heterocycles. The number of rotatable bonds is 6. The van der Waals surface area contributed by atoms with Crippen molar-refractivity contribution in [2.24, 2.45) is 0 Å². The molecule has 0 spiro atoms. The summed E-state index contributed by atoms with van der Waals surface area (Å²) in [5.41, 5.74) is 1.22. The lowest BCUT2D eigenvalue weighted by Crippen LogP contribution is -2.48. The second-order valence-corrected chi connectivity index (χ2v) is 6.54. The van der Waals surface area contributed by atoms with E-state index in [0.29, 0.717) is 18.1 Å². The zero-order chi connectivity index (χ0) is 19.2. The summed E-state index contributed by atoms with van der Waals surface area (Å²) in [5.74, 6) is -0.323. The highest BCUT2D eigenvalue weighted by Gasteiger charge is 2.21. The molecule has 1 amide bonds. The molecule has 1 N–H and O–H groups in total. The molecule has 0 aliphatic carbocycles. The Morgan fingerprint density at radius 1 is 1.07 bits per heavy atom. The number of hydrogen-bond donors (Lipinski definition) is 1. The highest BCUT2D eigenvalue weighted by Crippen LogP contribution is 2.27. The number of hydrogen-bond acceptors (Lipinski definition) is 4. The Labute approximate surface area is 161 Å². The number of amides is 1. The van der Waals surface area contributed by atoms with Crippen LogP contribution in [0.25, 0.3) is 0 Å². The van der Waals surface area contributed by atoms with Gasteiger partial charge in [0.05, 0.1) is 22.9 Å². The molecular weight excluding hydrogens is 376 g/mol. The Morgan fingerprint density at radius 2 is 1.74 bits per heavy atom. The Morgan fingerprint density at radius 3 is 2.44 bits per heavy atom. The van der Waals surface area contributed by atoms with E-state index in [2.05, 4.69) is 15.0 Å². The lowest BCUT2D eigenvalue weighted by molar-refractivity contribution is -0.117. The zero-order valence-corrected chi connectivity index (χ0v) is 15.3. The van der Waals surface area contributed by atoms with Crippen LogP contribution in [0.5, 0.6) is 5.75 Å². The fourth-order valence-corrected chi connectivity index (χ4v) is 3.27. The van der Waals surface area contributed by atoms with Crippen LogP contribution in [0.3, 0.4) is 0 Å². The van der Waals surface area contributed by atoms with Gasteiger partial charge >= 0.3 is 6.61 Å². The van der Waals surface area contributed by atoms with Crippen LogP contribution >= 0.6 is 11.6 Å². The molecule has 0 atom stereocenters. The van der Waals surface area contributed by atoms with Crippen molar-refractivity contribution in [1.82, 2.24) is 4.90 Å². The SMILES string of the molecule is O=C(CN1CCN(c2ccccc2Cl)CC1)Nc1ccccc1OC(F)F. The maximum Gasteiger partial charge on any atom is 0.387 e. The number of nitrogens with one attached hydrogen (secondary N) is 1. The largest absolute Gasteiger partial charge is 0.433 e. The summed E-state index contributed by atoms with van der Waals surface area (Å²) in [5, 5.41) is 3.35. The van der Waals surface area contributed by atoms with Gasteiger partial charge < -0.3 is 15.0 Å². The summed E-state index contributed by atoms with van der Waals surface area (Å²) in [4.78, 5) is 16.5. The minimum absolute atomic E-state index is 0.0515. The minimum Gasteiger partial charge on any atom is -0.433 e. The molecular formula is C19H20ClF2N3O2. The first-order valence-electron chi connectivity index (χ1n) is 8.58. The second kappa shape index (κ2) is 9.01. The van der Waals surface area contributed by atoms with Crippen molar-refractivity contribution < 1.29 is 18.3 Å². The number of carbonyl (C=O) groups is 1. The first-order valence-corrected chi connectivity index (χ1v) is 8.96. The first kappa shape index (κ1) is 19.4. The van der Waals surface area contributed by atoms with Crippen LogP contribution in [0.4, 0.5) is 20.2 Å². The van der Waals surface area contributed by atoms with Gasteiger partial charge in [-0.05, 0) is 24.3 Å². The molecule has 0 saturated carbocycles. The molecule has 3 rings (SSSR count). The van der Waals surface area contributed by atoms with E-state index in [4.69, 9.17) is 11.6 Å². The van der Waals surface area contributed by atoms with Gasteiger partial charge in [-0.15, -0.1) is 0 Å². The third-order valence-electron chi connectivity index (χ3n) is 4.31. The summed E-state index contributed by atoms with van der Waals surface area (Å²) in [6, 6.07) is 13.8. The van der Waals surface area contributed by atoms with Crippen molar-refractivity contribution in [3.05, 3.63) is 53.6 Å². The predicted octanol–water partition coefficient (Wildman–Crippen LogP) is 3.70. The zero-order valence-electron chi connectivity index (χ0n) is 14.6. The van der Waals surface area contributed by atoms with Gasteiger partial charge in [0.15, 0.2) is 0 Å². The number of ether oxygens (including phenoxy) is 1. The maximum atomic E-state index is 12.5. The molecule has 0 aromatic heterocycles. The van der Waals surface area contributed by atoms with Crippen LogP contribution in [-0.4, -0.2) is 50.1 Å². The Balaban J connectivity index is 1.52. The Hall–Kier alpha value is -2.38. The molecule has 144 valence electrons. The number of piperazine rings is 1. The van der Waals surface area contributed by atoms with E-state index in [0.717, 1.165) is 18.8 Å². The average molecular weight is 396 g/mol. The highest BCUT2D eigenvalue weighted by atomic mass is 35.5. The van der Waals surface area contributed by atoms with Gasteiger partial charge in [0.1, 0.15) is 5.75 Å². The smallest absolute Gasteiger partial charge is 0.387 e. The summed E-state index contributed by atoms with van der Waals surface area (Å²) in [6.45, 7) is 0.145. The molecule has 1 fully saturated rings. The second-order valence-electron chi connectivity index (χ2n) is 6.14. The van der Waals surface area contributed by atoms with Crippen LogP contribution < -0.4 is 15.0 Å². The fourth-order valence-electron chi connectivity index (χ4n) is 3.02. The van der Waals surface area contributed by atoms with E-state index in [1.165, 1.54) is 12.1 Å². The number of halogens is 3. The number of para-hydroxylation sites is 3. The van der Waals surface area contributed by atoms with Crippen molar-refractivity contribution >= 4 is 28.9 Å². The fraction of sp³-hybridized carbons (Fsp3) is 0.316. The maximum absolute atomic E-state index is 12.5. The minimum atomic E-state index is -2.94. The van der Waals surface area contributed by atoms with E-state index in [-0.39, 0.29) is 23.9 Å². The van der Waals surface area contributed by atoms with Crippen LogP contribution in [0.15, 0.2) is 48.5 Å². The third-order valence-corrected chi connectivity index (χ3v) is 4.63. The van der Waals surface area contributed by atoms with E-state index >= 15 is 0 Å². The molecule has 1 heterocycles. The van der Waals surface area contributed by atoms with E-state index < -0.39 is 6.61 Å². The summed E-state index contributed by atoms with van der Waals surface area (Å²) >= 11 is 6.23. The van der Waals surface area contributed by atoms with Gasteiger partial charge in [-0.25, -0.2) is 0 Å². The Kier molecular flexibility index (Phi) is 6.47. The van der Waals surface area contributed by atoms with Crippen LogP contribution in [0.1, 0.15) is 0 Å². The first-order chi connectivity index (χ1) is 13.0. The Bertz CT molecular complexity index is 783. The average Bonchev–Trinajstić information content (AvgIpc) is 2.64. The van der Waals surface area contributed by atoms with Crippen molar-refractivity contribution in [2.75, 3.05) is 42.9 Å². The van der Waals surface area contributed by atoms with Crippen molar-refractivity contribution in [3.8, 4) is 5.75 Å². The van der Waals surface area contributed by atoms with Gasteiger partial charge in [-0.2, -0.15) is 8.78 Å². The molecule has 1 aliphatic rings. The molecule has 0 bridgehead atoms. The predicted molar refractivity (Wildman–Crippen MR) is 102 cm³/mol. The topological polar surface area (TPSA) is 44.8 Å². The highest BCUT2D eigenvalue weighted by molar-refractivity contribution is 6.33. The number of anilines is 2. The van der Waals surface area contributed by atoms with Gasteiger partial charge in [0.25, 0.3) is 0 Å².